The number of ether oxygens (including phenoxy) is 4. The van der Waals surface area contributed by atoms with Crippen LogP contribution >= 0.6 is 0 Å². The van der Waals surface area contributed by atoms with Gasteiger partial charge in [-0.2, -0.15) is 0 Å². The van der Waals surface area contributed by atoms with Crippen LogP contribution in [0.1, 0.15) is 74.1 Å². The molecule has 0 heterocycles. The molecule has 0 radical (unpaired) electrons. The van der Waals surface area contributed by atoms with Gasteiger partial charge in [0.25, 0.3) is 11.8 Å². The molecule has 1 aromatic carbocycles. The molecular weight excluding hydrogens is 500 g/mol. The van der Waals surface area contributed by atoms with E-state index in [1.54, 1.807) is 27.7 Å². The fourth-order valence-electron chi connectivity index (χ4n) is 3.23. The molecule has 12 nitrogen and oxygen atoms in total. The predicted octanol–water partition coefficient (Wildman–Crippen LogP) is 1.70. The molecule has 2 amide bonds. The van der Waals surface area contributed by atoms with Gasteiger partial charge < -0.3 is 29.6 Å². The molecule has 1 rings (SSSR count). The summed E-state index contributed by atoms with van der Waals surface area (Å²) in [4.78, 5) is 73.3. The minimum atomic E-state index is -1.07. The van der Waals surface area contributed by atoms with Crippen LogP contribution in [0.5, 0.6) is 0 Å². The molecule has 0 saturated carbocycles. The summed E-state index contributed by atoms with van der Waals surface area (Å²) in [6.45, 7) is 7.15. The molecular formula is C26H36N2O10. The molecule has 0 unspecified atom stereocenters. The van der Waals surface area contributed by atoms with Gasteiger partial charge in [-0.25, -0.2) is 9.59 Å². The molecule has 0 aromatic heterocycles. The number of amides is 2. The fourth-order valence-corrected chi connectivity index (χ4v) is 3.23. The van der Waals surface area contributed by atoms with Crippen LogP contribution in [-0.4, -0.2) is 74.2 Å². The molecule has 0 aliphatic rings. The Morgan fingerprint density at radius 3 is 1.18 bits per heavy atom. The van der Waals surface area contributed by atoms with E-state index in [9.17, 15) is 28.8 Å². The summed E-state index contributed by atoms with van der Waals surface area (Å²) in [5, 5.41) is 5.07. The van der Waals surface area contributed by atoms with E-state index in [2.05, 4.69) is 10.6 Å². The van der Waals surface area contributed by atoms with Crippen LogP contribution in [0, 0.1) is 0 Å². The van der Waals surface area contributed by atoms with Crippen molar-refractivity contribution >= 4 is 35.7 Å². The zero-order valence-corrected chi connectivity index (χ0v) is 22.2. The van der Waals surface area contributed by atoms with Gasteiger partial charge in [0.05, 0.1) is 26.4 Å². The van der Waals surface area contributed by atoms with Crippen LogP contribution in [0.15, 0.2) is 24.3 Å². The van der Waals surface area contributed by atoms with Crippen molar-refractivity contribution in [3.8, 4) is 0 Å². The minimum absolute atomic E-state index is 0.00899. The number of carbonyl (C=O) groups is 6. The molecule has 0 aliphatic heterocycles. The Kier molecular flexibility index (Phi) is 14.8. The SMILES string of the molecule is CCOC(=O)CC[C@H](NC(=O)c1ccc(C(=O)N[C@H](CCC(=O)OCC)C(=O)OCC)cc1)C(=O)OCC. The zero-order valence-electron chi connectivity index (χ0n) is 22.2. The maximum atomic E-state index is 12.7. The van der Waals surface area contributed by atoms with Crippen molar-refractivity contribution in [3.05, 3.63) is 35.4 Å². The summed E-state index contributed by atoms with van der Waals surface area (Å²) >= 11 is 0. The lowest BCUT2D eigenvalue weighted by Gasteiger charge is -2.18. The summed E-state index contributed by atoms with van der Waals surface area (Å²) in [6.07, 6.45) is -0.196. The quantitative estimate of drug-likeness (QED) is 0.235. The van der Waals surface area contributed by atoms with Crippen molar-refractivity contribution in [3.63, 3.8) is 0 Å². The summed E-state index contributed by atoms with van der Waals surface area (Å²) in [5.41, 5.74) is 0.299. The number of benzene rings is 1. The Labute approximate surface area is 221 Å². The fraction of sp³-hybridized carbons (Fsp3) is 0.538. The maximum Gasteiger partial charge on any atom is 0.328 e. The lowest BCUT2D eigenvalue weighted by atomic mass is 10.1. The average Bonchev–Trinajstić information content (AvgIpc) is 2.89. The first kappa shape index (κ1) is 32.1. The van der Waals surface area contributed by atoms with E-state index in [4.69, 9.17) is 18.9 Å². The van der Waals surface area contributed by atoms with Crippen molar-refractivity contribution in [2.24, 2.45) is 0 Å². The second-order valence-electron chi connectivity index (χ2n) is 7.82. The van der Waals surface area contributed by atoms with E-state index in [1.165, 1.54) is 24.3 Å². The van der Waals surface area contributed by atoms with Gasteiger partial charge in [-0.15, -0.1) is 0 Å². The van der Waals surface area contributed by atoms with Crippen molar-refractivity contribution in [1.29, 1.82) is 0 Å². The molecule has 0 spiro atoms. The highest BCUT2D eigenvalue weighted by Crippen LogP contribution is 2.10. The molecule has 210 valence electrons. The third-order valence-corrected chi connectivity index (χ3v) is 5.05. The van der Waals surface area contributed by atoms with E-state index < -0.39 is 47.8 Å². The number of carbonyl (C=O) groups excluding carboxylic acids is 6. The number of esters is 4. The van der Waals surface area contributed by atoms with Gasteiger partial charge in [0, 0.05) is 24.0 Å². The molecule has 0 aliphatic carbocycles. The summed E-state index contributed by atoms with van der Waals surface area (Å²) in [5.74, 6) is -3.61. The van der Waals surface area contributed by atoms with Crippen molar-refractivity contribution < 1.29 is 47.7 Å². The van der Waals surface area contributed by atoms with Crippen LogP contribution in [0.25, 0.3) is 0 Å². The predicted molar refractivity (Wildman–Crippen MR) is 134 cm³/mol. The Bertz CT molecular complexity index is 884. The first-order valence-electron chi connectivity index (χ1n) is 12.5. The zero-order chi connectivity index (χ0) is 28.5. The van der Waals surface area contributed by atoms with E-state index in [0.717, 1.165) is 0 Å². The highest BCUT2D eigenvalue weighted by atomic mass is 16.5. The van der Waals surface area contributed by atoms with Crippen molar-refractivity contribution in [1.82, 2.24) is 10.6 Å². The molecule has 2 N–H and O–H groups in total. The third-order valence-electron chi connectivity index (χ3n) is 5.05. The molecule has 1 aromatic rings. The van der Waals surface area contributed by atoms with E-state index in [-0.39, 0.29) is 63.2 Å². The van der Waals surface area contributed by atoms with Crippen LogP contribution < -0.4 is 10.6 Å². The summed E-state index contributed by atoms with van der Waals surface area (Å²) in [6, 6.07) is 3.34. The second kappa shape index (κ2) is 17.5. The molecule has 12 heteroatoms. The van der Waals surface area contributed by atoms with Gasteiger partial charge in [0.2, 0.25) is 0 Å². The lowest BCUT2D eigenvalue weighted by molar-refractivity contribution is -0.148. The van der Waals surface area contributed by atoms with Gasteiger partial charge in [0.1, 0.15) is 12.1 Å². The normalized spacial score (nSPS) is 11.9. The first-order valence-corrected chi connectivity index (χ1v) is 12.5. The Morgan fingerprint density at radius 2 is 0.895 bits per heavy atom. The van der Waals surface area contributed by atoms with E-state index in [1.807, 2.05) is 0 Å². The smallest absolute Gasteiger partial charge is 0.328 e. The molecule has 2 atom stereocenters. The van der Waals surface area contributed by atoms with Crippen molar-refractivity contribution in [2.45, 2.75) is 65.5 Å². The Balaban J connectivity index is 2.87. The van der Waals surface area contributed by atoms with Gasteiger partial charge in [-0.1, -0.05) is 0 Å². The standard InChI is InChI=1S/C26H36N2O10/c1-5-35-21(29)15-13-19(25(33)37-7-3)27-23(31)17-9-11-18(12-10-17)24(32)28-20(26(34)38-8-4)14-16-22(30)36-6-2/h9-12,19-20H,5-8,13-16H2,1-4H3,(H,27,31)(H,28,32)/t19-,20+. The number of hydrogen-bond acceptors (Lipinski definition) is 10. The Morgan fingerprint density at radius 1 is 0.579 bits per heavy atom. The second-order valence-corrected chi connectivity index (χ2v) is 7.82. The molecule has 0 saturated heterocycles. The lowest BCUT2D eigenvalue weighted by Crippen LogP contribution is -2.42. The monoisotopic (exact) mass is 536 g/mol. The topological polar surface area (TPSA) is 163 Å². The first-order chi connectivity index (χ1) is 18.2. The maximum absolute atomic E-state index is 12.7. The molecule has 0 fully saturated rings. The van der Waals surface area contributed by atoms with Crippen LogP contribution in [-0.2, 0) is 38.1 Å². The number of nitrogens with one attached hydrogen (secondary N) is 2. The highest BCUT2D eigenvalue weighted by Gasteiger charge is 2.26. The Hall–Kier alpha value is -3.96. The third kappa shape index (κ3) is 11.4. The molecule has 38 heavy (non-hydrogen) atoms. The van der Waals surface area contributed by atoms with Gasteiger partial charge in [-0.3, -0.25) is 19.2 Å². The number of hydrogen-bond donors (Lipinski definition) is 2. The van der Waals surface area contributed by atoms with E-state index >= 15 is 0 Å². The highest BCUT2D eigenvalue weighted by molar-refractivity contribution is 6.00. The summed E-state index contributed by atoms with van der Waals surface area (Å²) in [7, 11) is 0. The van der Waals surface area contributed by atoms with Crippen LogP contribution in [0.2, 0.25) is 0 Å². The molecule has 0 bridgehead atoms. The summed E-state index contributed by atoms with van der Waals surface area (Å²) < 4.78 is 19.7. The van der Waals surface area contributed by atoms with Crippen molar-refractivity contribution in [2.75, 3.05) is 26.4 Å². The van der Waals surface area contributed by atoms with Gasteiger partial charge in [-0.05, 0) is 64.8 Å². The van der Waals surface area contributed by atoms with E-state index in [0.29, 0.717) is 0 Å². The van der Waals surface area contributed by atoms with Gasteiger partial charge >= 0.3 is 23.9 Å². The number of rotatable bonds is 16. The van der Waals surface area contributed by atoms with Crippen LogP contribution in [0.4, 0.5) is 0 Å². The largest absolute Gasteiger partial charge is 0.466 e. The minimum Gasteiger partial charge on any atom is -0.466 e. The van der Waals surface area contributed by atoms with Gasteiger partial charge in [0.15, 0.2) is 0 Å². The average molecular weight is 537 g/mol. The van der Waals surface area contributed by atoms with Crippen LogP contribution in [0.3, 0.4) is 0 Å².